The van der Waals surface area contributed by atoms with Crippen LogP contribution in [0.1, 0.15) is 47.1 Å². The van der Waals surface area contributed by atoms with E-state index in [4.69, 9.17) is 9.26 Å². The molecule has 0 amide bonds. The lowest BCUT2D eigenvalue weighted by molar-refractivity contribution is -0.386. The molecule has 1 aromatic heterocycles. The third-order valence-electron chi connectivity index (χ3n) is 3.51. The zero-order valence-electron chi connectivity index (χ0n) is 13.3. The summed E-state index contributed by atoms with van der Waals surface area (Å²) in [6, 6.07) is 4.27. The predicted molar refractivity (Wildman–Crippen MR) is 82.6 cm³/mol. The number of hydrogen-bond donors (Lipinski definition) is 0. The molecule has 0 aliphatic heterocycles. The van der Waals surface area contributed by atoms with Crippen molar-refractivity contribution in [3.8, 4) is 5.75 Å². The molecule has 0 fully saturated rings. The van der Waals surface area contributed by atoms with Crippen LogP contribution in [0.4, 0.5) is 5.69 Å². The molecule has 0 atom stereocenters. The van der Waals surface area contributed by atoms with Crippen molar-refractivity contribution >= 4 is 11.5 Å². The quantitative estimate of drug-likeness (QED) is 0.438. The van der Waals surface area contributed by atoms with Crippen LogP contribution in [0, 0.1) is 24.0 Å². The Hall–Kier alpha value is -2.70. The molecule has 0 saturated heterocycles. The van der Waals surface area contributed by atoms with Gasteiger partial charge < -0.3 is 9.26 Å². The van der Waals surface area contributed by atoms with E-state index in [-0.39, 0.29) is 23.8 Å². The van der Waals surface area contributed by atoms with Crippen molar-refractivity contribution in [2.45, 2.75) is 40.2 Å². The number of Topliss-reactive ketones (excluding diaryl/α,β-unsaturated/α-hetero) is 1. The summed E-state index contributed by atoms with van der Waals surface area (Å²) in [7, 11) is 0. The van der Waals surface area contributed by atoms with Gasteiger partial charge in [-0.25, -0.2) is 0 Å². The second-order valence-corrected chi connectivity index (χ2v) is 5.20. The minimum absolute atomic E-state index is 0.114. The van der Waals surface area contributed by atoms with Gasteiger partial charge in [-0.1, -0.05) is 12.1 Å². The Kier molecular flexibility index (Phi) is 5.10. The topological polar surface area (TPSA) is 95.5 Å². The lowest BCUT2D eigenvalue weighted by Crippen LogP contribution is -2.03. The molecule has 0 aliphatic rings. The van der Waals surface area contributed by atoms with Crippen LogP contribution in [0.15, 0.2) is 22.7 Å². The van der Waals surface area contributed by atoms with Crippen LogP contribution in [0.25, 0.3) is 0 Å². The van der Waals surface area contributed by atoms with Gasteiger partial charge in [0, 0.05) is 18.1 Å². The molecule has 1 aromatic carbocycles. The number of carbonyl (C=O) groups is 1. The largest absolute Gasteiger partial charge is 0.482 e. The number of carbonyl (C=O) groups excluding carboxylic acids is 1. The summed E-state index contributed by atoms with van der Waals surface area (Å²) in [6.07, 6.45) is 1.05. The molecule has 0 unspecified atom stereocenters. The van der Waals surface area contributed by atoms with Gasteiger partial charge in [0.15, 0.2) is 11.5 Å². The normalized spacial score (nSPS) is 10.6. The standard InChI is InChI=1S/C16H18N2O5/c1-4-5-15(19)12-6-7-16(14(8-12)18(20)21)22-9-13-10(2)17-23-11(13)3/h6-8H,4-5,9H2,1-3H3. The van der Waals surface area contributed by atoms with Crippen LogP contribution in [-0.4, -0.2) is 15.9 Å². The minimum atomic E-state index is -0.550. The zero-order valence-corrected chi connectivity index (χ0v) is 13.3. The maximum Gasteiger partial charge on any atom is 0.311 e. The lowest BCUT2D eigenvalue weighted by Gasteiger charge is -2.08. The number of ketones is 1. The highest BCUT2D eigenvalue weighted by Gasteiger charge is 2.19. The highest BCUT2D eigenvalue weighted by molar-refractivity contribution is 5.96. The number of rotatable bonds is 7. The zero-order chi connectivity index (χ0) is 17.0. The van der Waals surface area contributed by atoms with Crippen LogP contribution in [0.5, 0.6) is 5.75 Å². The van der Waals surface area contributed by atoms with Gasteiger partial charge in [0.25, 0.3) is 0 Å². The van der Waals surface area contributed by atoms with Crippen LogP contribution in [-0.2, 0) is 6.61 Å². The maximum absolute atomic E-state index is 11.9. The summed E-state index contributed by atoms with van der Waals surface area (Å²) in [6.45, 7) is 5.52. The Morgan fingerprint density at radius 2 is 2.13 bits per heavy atom. The van der Waals surface area contributed by atoms with E-state index in [1.165, 1.54) is 12.1 Å². The molecular formula is C16H18N2O5. The van der Waals surface area contributed by atoms with Gasteiger partial charge >= 0.3 is 5.69 Å². The summed E-state index contributed by atoms with van der Waals surface area (Å²) in [5.41, 5.74) is 1.53. The SMILES string of the molecule is CCCC(=O)c1ccc(OCc2c(C)noc2C)c([N+](=O)[O-])c1. The van der Waals surface area contributed by atoms with Gasteiger partial charge in [0.2, 0.25) is 0 Å². The minimum Gasteiger partial charge on any atom is -0.482 e. The Labute approximate surface area is 133 Å². The van der Waals surface area contributed by atoms with Crippen molar-refractivity contribution in [1.29, 1.82) is 0 Å². The molecule has 122 valence electrons. The second-order valence-electron chi connectivity index (χ2n) is 5.20. The number of aromatic nitrogens is 1. The number of aryl methyl sites for hydroxylation is 2. The Morgan fingerprint density at radius 3 is 2.70 bits per heavy atom. The van der Waals surface area contributed by atoms with Crippen molar-refractivity contribution < 1.29 is 19.0 Å². The summed E-state index contributed by atoms with van der Waals surface area (Å²) >= 11 is 0. The molecule has 0 aliphatic carbocycles. The highest BCUT2D eigenvalue weighted by atomic mass is 16.6. The third-order valence-corrected chi connectivity index (χ3v) is 3.51. The van der Waals surface area contributed by atoms with E-state index >= 15 is 0 Å². The molecule has 2 aromatic rings. The second kappa shape index (κ2) is 7.04. The Bertz CT molecular complexity index is 717. The highest BCUT2D eigenvalue weighted by Crippen LogP contribution is 2.30. The van der Waals surface area contributed by atoms with E-state index in [0.29, 0.717) is 29.9 Å². The van der Waals surface area contributed by atoms with E-state index < -0.39 is 4.92 Å². The van der Waals surface area contributed by atoms with Crippen molar-refractivity contribution in [3.05, 3.63) is 50.9 Å². The molecule has 0 bridgehead atoms. The smallest absolute Gasteiger partial charge is 0.311 e. The fourth-order valence-electron chi connectivity index (χ4n) is 2.18. The van der Waals surface area contributed by atoms with Gasteiger partial charge in [0.1, 0.15) is 12.4 Å². The predicted octanol–water partition coefficient (Wildman–Crippen LogP) is 3.76. The molecule has 7 nitrogen and oxygen atoms in total. The average Bonchev–Trinajstić information content (AvgIpc) is 2.84. The average molecular weight is 318 g/mol. The van der Waals surface area contributed by atoms with Crippen molar-refractivity contribution in [2.75, 3.05) is 0 Å². The summed E-state index contributed by atoms with van der Waals surface area (Å²) < 4.78 is 10.6. The third kappa shape index (κ3) is 3.74. The van der Waals surface area contributed by atoms with Gasteiger partial charge in [-0.15, -0.1) is 0 Å². The molecule has 1 heterocycles. The molecular weight excluding hydrogens is 300 g/mol. The molecule has 23 heavy (non-hydrogen) atoms. The van der Waals surface area contributed by atoms with Gasteiger partial charge in [-0.05, 0) is 32.4 Å². The lowest BCUT2D eigenvalue weighted by atomic mass is 10.1. The number of nitro groups is 1. The summed E-state index contributed by atoms with van der Waals surface area (Å²) in [5, 5.41) is 15.0. The van der Waals surface area contributed by atoms with E-state index in [0.717, 1.165) is 5.56 Å². The number of nitro benzene ring substituents is 1. The molecule has 0 saturated carbocycles. The van der Waals surface area contributed by atoms with E-state index in [2.05, 4.69) is 5.16 Å². The molecule has 0 radical (unpaired) electrons. The maximum atomic E-state index is 11.9. The Balaban J connectivity index is 2.24. The molecule has 2 rings (SSSR count). The number of hydrogen-bond acceptors (Lipinski definition) is 6. The summed E-state index contributed by atoms with van der Waals surface area (Å²) in [4.78, 5) is 22.6. The van der Waals surface area contributed by atoms with Gasteiger partial charge in [-0.3, -0.25) is 14.9 Å². The molecule has 7 heteroatoms. The molecule has 0 N–H and O–H groups in total. The van der Waals surface area contributed by atoms with E-state index in [9.17, 15) is 14.9 Å². The Morgan fingerprint density at radius 1 is 1.39 bits per heavy atom. The van der Waals surface area contributed by atoms with Gasteiger partial charge in [-0.2, -0.15) is 0 Å². The first-order valence-corrected chi connectivity index (χ1v) is 7.30. The van der Waals surface area contributed by atoms with E-state index in [1.54, 1.807) is 19.9 Å². The van der Waals surface area contributed by atoms with E-state index in [1.807, 2.05) is 6.92 Å². The monoisotopic (exact) mass is 318 g/mol. The van der Waals surface area contributed by atoms with Crippen molar-refractivity contribution in [1.82, 2.24) is 5.16 Å². The first-order chi connectivity index (χ1) is 10.9. The number of benzene rings is 1. The van der Waals surface area contributed by atoms with Crippen LogP contribution >= 0.6 is 0 Å². The van der Waals surface area contributed by atoms with Crippen LogP contribution in [0.2, 0.25) is 0 Å². The molecule has 0 spiro atoms. The first-order valence-electron chi connectivity index (χ1n) is 7.30. The fraction of sp³-hybridized carbons (Fsp3) is 0.375. The fourth-order valence-corrected chi connectivity index (χ4v) is 2.18. The first kappa shape index (κ1) is 16.7. The number of nitrogens with zero attached hydrogens (tertiary/aromatic N) is 2. The summed E-state index contributed by atoms with van der Waals surface area (Å²) in [5.74, 6) is 0.607. The van der Waals surface area contributed by atoms with Crippen molar-refractivity contribution in [2.24, 2.45) is 0 Å². The van der Waals surface area contributed by atoms with Gasteiger partial charge in [0.05, 0.1) is 16.2 Å². The van der Waals surface area contributed by atoms with Crippen LogP contribution < -0.4 is 4.74 Å². The van der Waals surface area contributed by atoms with Crippen LogP contribution in [0.3, 0.4) is 0 Å². The number of ether oxygens (including phenoxy) is 1. The van der Waals surface area contributed by atoms with Crippen molar-refractivity contribution in [3.63, 3.8) is 0 Å².